The fraction of sp³-hybridized carbons (Fsp3) is 0.538. The van der Waals surface area contributed by atoms with Crippen molar-refractivity contribution in [2.75, 3.05) is 83.9 Å². The summed E-state index contributed by atoms with van der Waals surface area (Å²) >= 11 is 3.69. The Labute approximate surface area is 221 Å². The molecule has 2 fully saturated rings. The summed E-state index contributed by atoms with van der Waals surface area (Å²) in [6.45, 7) is 7.92. The Hall–Kier alpha value is -2.40. The molecule has 0 radical (unpaired) electrons. The van der Waals surface area contributed by atoms with Gasteiger partial charge in [-0.2, -0.15) is 0 Å². The highest BCUT2D eigenvalue weighted by Crippen LogP contribution is 2.36. The minimum atomic E-state index is 0.428. The van der Waals surface area contributed by atoms with Crippen LogP contribution in [-0.4, -0.2) is 104 Å². The molecule has 4 heterocycles. The normalized spacial score (nSPS) is 18.2. The number of piperidine rings is 1. The Morgan fingerprint density at radius 2 is 1.89 bits per heavy atom. The van der Waals surface area contributed by atoms with Crippen LogP contribution >= 0.6 is 15.9 Å². The van der Waals surface area contributed by atoms with E-state index < -0.39 is 0 Å². The van der Waals surface area contributed by atoms with Gasteiger partial charge in [0.2, 0.25) is 0 Å². The molecule has 2 aliphatic heterocycles. The summed E-state index contributed by atoms with van der Waals surface area (Å²) in [5.41, 5.74) is 4.74. The first kappa shape index (κ1) is 25.3. The van der Waals surface area contributed by atoms with Crippen molar-refractivity contribution in [3.8, 4) is 17.1 Å². The lowest BCUT2D eigenvalue weighted by atomic mass is 10.1. The molecule has 10 heteroatoms. The van der Waals surface area contributed by atoms with Gasteiger partial charge in [-0.3, -0.25) is 4.90 Å². The number of aromatic amines is 1. The van der Waals surface area contributed by atoms with Gasteiger partial charge < -0.3 is 29.6 Å². The van der Waals surface area contributed by atoms with E-state index in [9.17, 15) is 0 Å². The quantitative estimate of drug-likeness (QED) is 0.434. The van der Waals surface area contributed by atoms with Gasteiger partial charge in [-0.15, -0.1) is 0 Å². The second-order valence-corrected chi connectivity index (χ2v) is 10.5. The number of hydrogen-bond donors (Lipinski definition) is 2. The number of piperazine rings is 1. The highest BCUT2D eigenvalue weighted by Gasteiger charge is 2.22. The van der Waals surface area contributed by atoms with E-state index in [0.717, 1.165) is 109 Å². The maximum Gasteiger partial charge on any atom is 0.159 e. The zero-order valence-corrected chi connectivity index (χ0v) is 23.0. The van der Waals surface area contributed by atoms with Crippen LogP contribution in [0.3, 0.4) is 0 Å². The van der Waals surface area contributed by atoms with Crippen molar-refractivity contribution in [3.05, 3.63) is 28.9 Å². The second kappa shape index (κ2) is 11.3. The number of ether oxygens (including phenoxy) is 2. The summed E-state index contributed by atoms with van der Waals surface area (Å²) in [7, 11) is 5.67. The van der Waals surface area contributed by atoms with E-state index in [0.29, 0.717) is 6.04 Å². The molecule has 2 aliphatic rings. The van der Waals surface area contributed by atoms with E-state index in [1.54, 1.807) is 14.2 Å². The molecule has 3 aromatic rings. The maximum absolute atomic E-state index is 5.82. The summed E-state index contributed by atoms with van der Waals surface area (Å²) in [6, 6.07) is 6.76. The minimum absolute atomic E-state index is 0.428. The summed E-state index contributed by atoms with van der Waals surface area (Å²) < 4.78 is 12.0. The van der Waals surface area contributed by atoms with E-state index in [-0.39, 0.29) is 0 Å². The SMILES string of the molecule is COCCN1CCN(c2ccc(-c3nc4c(NC5CCN(C)CC5)c(Br)cnc4[nH]3)cc2OC)CC1. The van der Waals surface area contributed by atoms with E-state index in [2.05, 4.69) is 71.2 Å². The highest BCUT2D eigenvalue weighted by atomic mass is 79.9. The molecule has 9 nitrogen and oxygen atoms in total. The molecule has 2 saturated heterocycles. The minimum Gasteiger partial charge on any atom is -0.495 e. The monoisotopic (exact) mass is 557 g/mol. The van der Waals surface area contributed by atoms with Crippen LogP contribution in [0.1, 0.15) is 12.8 Å². The number of pyridine rings is 1. The standard InChI is InChI=1S/C26H36BrN7O2/c1-32-8-6-19(7-9-32)29-23-20(27)17-28-26-24(23)30-25(31-26)18-4-5-21(22(16-18)36-3)34-12-10-33(11-13-34)14-15-35-2/h4-5,16-17,19H,6-15H2,1-3H3,(H2,28,29,30,31). The Bertz CT molecular complexity index is 1170. The number of rotatable bonds is 8. The van der Waals surface area contributed by atoms with Gasteiger partial charge in [-0.25, -0.2) is 9.97 Å². The van der Waals surface area contributed by atoms with Crippen LogP contribution in [-0.2, 0) is 4.74 Å². The second-order valence-electron chi connectivity index (χ2n) is 9.69. The first-order valence-corrected chi connectivity index (χ1v) is 13.5. The van der Waals surface area contributed by atoms with E-state index >= 15 is 0 Å². The molecule has 2 aromatic heterocycles. The van der Waals surface area contributed by atoms with Gasteiger partial charge in [0.25, 0.3) is 0 Å². The number of benzene rings is 1. The lowest BCUT2D eigenvalue weighted by Gasteiger charge is -2.36. The molecule has 0 spiro atoms. The first-order chi connectivity index (χ1) is 17.6. The molecule has 0 amide bonds. The molecule has 5 rings (SSSR count). The summed E-state index contributed by atoms with van der Waals surface area (Å²) in [5, 5.41) is 3.73. The van der Waals surface area contributed by atoms with E-state index in [4.69, 9.17) is 14.5 Å². The third-order valence-electron chi connectivity index (χ3n) is 7.31. The molecular weight excluding hydrogens is 522 g/mol. The molecule has 0 atom stereocenters. The Morgan fingerprint density at radius 3 is 2.61 bits per heavy atom. The van der Waals surface area contributed by atoms with Crippen LogP contribution in [0.5, 0.6) is 5.75 Å². The van der Waals surface area contributed by atoms with Crippen molar-refractivity contribution in [2.45, 2.75) is 18.9 Å². The molecule has 36 heavy (non-hydrogen) atoms. The third-order valence-corrected chi connectivity index (χ3v) is 7.91. The predicted molar refractivity (Wildman–Crippen MR) is 148 cm³/mol. The van der Waals surface area contributed by atoms with Crippen LogP contribution in [0.25, 0.3) is 22.6 Å². The van der Waals surface area contributed by atoms with Crippen LogP contribution in [0.2, 0.25) is 0 Å². The highest BCUT2D eigenvalue weighted by molar-refractivity contribution is 9.10. The smallest absolute Gasteiger partial charge is 0.159 e. The fourth-order valence-corrected chi connectivity index (χ4v) is 5.49. The van der Waals surface area contributed by atoms with Crippen molar-refractivity contribution in [1.29, 1.82) is 0 Å². The molecular formula is C26H36BrN7O2. The van der Waals surface area contributed by atoms with Gasteiger partial charge >= 0.3 is 0 Å². The van der Waals surface area contributed by atoms with Gasteiger partial charge in [0.15, 0.2) is 5.65 Å². The molecule has 1 aromatic carbocycles. The number of anilines is 2. The summed E-state index contributed by atoms with van der Waals surface area (Å²) in [4.78, 5) is 20.2. The fourth-order valence-electron chi connectivity index (χ4n) is 5.08. The van der Waals surface area contributed by atoms with Gasteiger partial charge in [0.05, 0.1) is 29.6 Å². The van der Waals surface area contributed by atoms with Crippen LogP contribution in [0.4, 0.5) is 11.4 Å². The number of hydrogen-bond acceptors (Lipinski definition) is 8. The zero-order valence-electron chi connectivity index (χ0n) is 21.4. The Balaban J connectivity index is 1.36. The summed E-state index contributed by atoms with van der Waals surface area (Å²) in [5.74, 6) is 1.65. The molecule has 194 valence electrons. The molecule has 0 aliphatic carbocycles. The van der Waals surface area contributed by atoms with Gasteiger partial charge in [-0.05, 0) is 67.1 Å². The average molecular weight is 559 g/mol. The topological polar surface area (TPSA) is 81.8 Å². The number of halogens is 1. The number of nitrogens with zero attached hydrogens (tertiary/aromatic N) is 5. The van der Waals surface area contributed by atoms with E-state index in [1.165, 1.54) is 0 Å². The van der Waals surface area contributed by atoms with E-state index in [1.807, 2.05) is 6.20 Å². The molecule has 0 unspecified atom stereocenters. The maximum atomic E-state index is 5.82. The average Bonchev–Trinajstić information content (AvgIpc) is 3.35. The lowest BCUT2D eigenvalue weighted by molar-refractivity contribution is 0.144. The van der Waals surface area contributed by atoms with Gasteiger partial charge in [0.1, 0.15) is 17.1 Å². The zero-order chi connectivity index (χ0) is 25.1. The van der Waals surface area contributed by atoms with Crippen molar-refractivity contribution in [2.24, 2.45) is 0 Å². The van der Waals surface area contributed by atoms with Crippen molar-refractivity contribution in [3.63, 3.8) is 0 Å². The predicted octanol–water partition coefficient (Wildman–Crippen LogP) is 3.67. The Kier molecular flexibility index (Phi) is 7.95. The van der Waals surface area contributed by atoms with Crippen molar-refractivity contribution in [1.82, 2.24) is 24.8 Å². The number of nitrogens with one attached hydrogen (secondary N) is 2. The molecule has 0 saturated carbocycles. The molecule has 0 bridgehead atoms. The van der Waals surface area contributed by atoms with Crippen molar-refractivity contribution < 1.29 is 9.47 Å². The number of likely N-dealkylation sites (tertiary alicyclic amines) is 1. The van der Waals surface area contributed by atoms with Crippen LogP contribution in [0.15, 0.2) is 28.9 Å². The van der Waals surface area contributed by atoms with Crippen LogP contribution < -0.4 is 15.0 Å². The largest absolute Gasteiger partial charge is 0.495 e. The number of imidazole rings is 1. The number of fused-ring (bicyclic) bond motifs is 1. The first-order valence-electron chi connectivity index (χ1n) is 12.7. The number of methoxy groups -OCH3 is 2. The number of aromatic nitrogens is 3. The van der Waals surface area contributed by atoms with Crippen molar-refractivity contribution >= 4 is 38.5 Å². The van der Waals surface area contributed by atoms with Gasteiger partial charge in [0, 0.05) is 57.6 Å². The van der Waals surface area contributed by atoms with Gasteiger partial charge in [-0.1, -0.05) is 0 Å². The third kappa shape index (κ3) is 5.46. The molecule has 2 N–H and O–H groups in total. The number of H-pyrrole nitrogens is 1. The lowest BCUT2D eigenvalue weighted by Crippen LogP contribution is -2.47. The Morgan fingerprint density at radius 1 is 1.11 bits per heavy atom. The summed E-state index contributed by atoms with van der Waals surface area (Å²) in [6.07, 6.45) is 4.07. The van der Waals surface area contributed by atoms with Crippen LogP contribution in [0, 0.1) is 0 Å².